The van der Waals surface area contributed by atoms with Crippen molar-refractivity contribution in [1.29, 1.82) is 0 Å². The van der Waals surface area contributed by atoms with Gasteiger partial charge in [-0.3, -0.25) is 4.68 Å². The third-order valence-corrected chi connectivity index (χ3v) is 6.77. The molecule has 2 heterocycles. The molecule has 0 bridgehead atoms. The zero-order chi connectivity index (χ0) is 22.6. The van der Waals surface area contributed by atoms with Gasteiger partial charge in [-0.25, -0.2) is 0 Å². The van der Waals surface area contributed by atoms with E-state index >= 15 is 0 Å². The van der Waals surface area contributed by atoms with Gasteiger partial charge in [0.25, 0.3) is 0 Å². The molecule has 170 valence electrons. The number of ether oxygens (including phenoxy) is 1. The van der Waals surface area contributed by atoms with Gasteiger partial charge in [0.15, 0.2) is 8.32 Å². The Morgan fingerprint density at radius 1 is 1.03 bits per heavy atom. The third-order valence-electron chi connectivity index (χ3n) is 5.83. The summed E-state index contributed by atoms with van der Waals surface area (Å²) in [6.07, 6.45) is 2.89. The van der Waals surface area contributed by atoms with Crippen LogP contribution in [0.2, 0.25) is 19.6 Å². The lowest BCUT2D eigenvalue weighted by Crippen LogP contribution is -2.53. The maximum Gasteiger partial charge on any atom is 0.185 e. The van der Waals surface area contributed by atoms with Crippen LogP contribution in [0.25, 0.3) is 0 Å². The monoisotopic (exact) mass is 450 g/mol. The third kappa shape index (κ3) is 5.01. The Bertz CT molecular complexity index is 948. The molecular weight excluding hydrogens is 416 g/mol. The molecule has 0 radical (unpaired) electrons. The highest BCUT2D eigenvalue weighted by molar-refractivity contribution is 6.69. The van der Waals surface area contributed by atoms with Gasteiger partial charge in [-0.15, -0.1) is 5.10 Å². The first-order chi connectivity index (χ1) is 15.4. The fourth-order valence-corrected chi connectivity index (χ4v) is 5.86. The van der Waals surface area contributed by atoms with E-state index in [4.69, 9.17) is 9.16 Å². The van der Waals surface area contributed by atoms with Gasteiger partial charge in [-0.05, 0) is 44.1 Å². The zero-order valence-electron chi connectivity index (χ0n) is 19.5. The standard InChI is InChI=1S/C25H34N4O2Si/c1-5-29-18-22(27-28-29)19-30-23-16-24(26-17-23)25(31-32(2,3)4,20-12-8-6-9-13-20)21-14-10-7-11-15-21/h6-15,18,23-24,26H,5,16-17,19H2,1-4H3/t23-,24+/m1/s1. The number of aromatic nitrogens is 3. The Hall–Kier alpha value is -2.32. The number of rotatable bonds is 9. The maximum absolute atomic E-state index is 7.11. The van der Waals surface area contributed by atoms with Gasteiger partial charge < -0.3 is 14.5 Å². The number of benzene rings is 2. The number of hydrogen-bond acceptors (Lipinski definition) is 5. The van der Waals surface area contributed by atoms with E-state index in [-0.39, 0.29) is 12.1 Å². The maximum atomic E-state index is 7.11. The summed E-state index contributed by atoms with van der Waals surface area (Å²) in [5.74, 6) is 0. The normalized spacial score (nSPS) is 19.4. The fourth-order valence-electron chi connectivity index (χ4n) is 4.51. The lowest BCUT2D eigenvalue weighted by molar-refractivity contribution is 0.0314. The van der Waals surface area contributed by atoms with Gasteiger partial charge >= 0.3 is 0 Å². The van der Waals surface area contributed by atoms with Crippen LogP contribution in [0.4, 0.5) is 0 Å². The van der Waals surface area contributed by atoms with Gasteiger partial charge in [0.2, 0.25) is 0 Å². The molecule has 6 nitrogen and oxygen atoms in total. The van der Waals surface area contributed by atoms with Crippen molar-refractivity contribution in [1.82, 2.24) is 20.3 Å². The lowest BCUT2D eigenvalue weighted by atomic mass is 9.79. The molecular formula is C25H34N4O2Si. The minimum Gasteiger partial charge on any atom is -0.403 e. The van der Waals surface area contributed by atoms with Crippen molar-refractivity contribution in [2.75, 3.05) is 6.54 Å². The first kappa shape index (κ1) is 22.9. The SMILES string of the molecule is CCn1cc(CO[C@H]2CN[C@H](C(O[Si](C)(C)C)(c3ccccc3)c3ccccc3)C2)nn1. The van der Waals surface area contributed by atoms with Gasteiger partial charge in [0.1, 0.15) is 11.3 Å². The minimum absolute atomic E-state index is 0.0869. The highest BCUT2D eigenvalue weighted by atomic mass is 28.4. The van der Waals surface area contributed by atoms with Crippen molar-refractivity contribution in [3.63, 3.8) is 0 Å². The lowest BCUT2D eigenvalue weighted by Gasteiger charge is -2.44. The summed E-state index contributed by atoms with van der Waals surface area (Å²) >= 11 is 0. The smallest absolute Gasteiger partial charge is 0.185 e. The van der Waals surface area contributed by atoms with E-state index < -0.39 is 13.9 Å². The van der Waals surface area contributed by atoms with Crippen LogP contribution in [-0.2, 0) is 27.9 Å². The Labute approximate surface area is 192 Å². The molecule has 1 N–H and O–H groups in total. The van der Waals surface area contributed by atoms with Crippen LogP contribution in [0, 0.1) is 0 Å². The van der Waals surface area contributed by atoms with Crippen LogP contribution < -0.4 is 5.32 Å². The summed E-state index contributed by atoms with van der Waals surface area (Å²) in [6.45, 7) is 10.9. The average Bonchev–Trinajstić information content (AvgIpc) is 3.46. The first-order valence-electron chi connectivity index (χ1n) is 11.5. The molecule has 3 aromatic rings. The van der Waals surface area contributed by atoms with E-state index in [9.17, 15) is 0 Å². The van der Waals surface area contributed by atoms with Crippen molar-refractivity contribution in [3.05, 3.63) is 83.7 Å². The average molecular weight is 451 g/mol. The van der Waals surface area contributed by atoms with Crippen molar-refractivity contribution in [3.8, 4) is 0 Å². The van der Waals surface area contributed by atoms with Crippen LogP contribution in [0.3, 0.4) is 0 Å². The molecule has 0 spiro atoms. The van der Waals surface area contributed by atoms with E-state index in [1.165, 1.54) is 11.1 Å². The molecule has 0 amide bonds. The topological polar surface area (TPSA) is 61.2 Å². The molecule has 0 aliphatic carbocycles. The van der Waals surface area contributed by atoms with Crippen molar-refractivity contribution in [2.45, 2.75) is 63.9 Å². The predicted octanol–water partition coefficient (Wildman–Crippen LogP) is 4.34. The van der Waals surface area contributed by atoms with Crippen LogP contribution >= 0.6 is 0 Å². The second kappa shape index (κ2) is 9.66. The molecule has 2 atom stereocenters. The van der Waals surface area contributed by atoms with Gasteiger partial charge in [-0.2, -0.15) is 0 Å². The van der Waals surface area contributed by atoms with E-state index in [1.807, 2.05) is 10.9 Å². The number of nitrogens with one attached hydrogen (secondary N) is 1. The van der Waals surface area contributed by atoms with Crippen molar-refractivity contribution >= 4 is 8.32 Å². The van der Waals surface area contributed by atoms with Gasteiger partial charge in [0, 0.05) is 19.1 Å². The molecule has 7 heteroatoms. The first-order valence-corrected chi connectivity index (χ1v) is 14.9. The van der Waals surface area contributed by atoms with Crippen LogP contribution in [0.5, 0.6) is 0 Å². The fraction of sp³-hybridized carbons (Fsp3) is 0.440. The molecule has 1 aromatic heterocycles. The molecule has 1 fully saturated rings. The molecule has 4 rings (SSSR count). The van der Waals surface area contributed by atoms with Crippen molar-refractivity contribution < 1.29 is 9.16 Å². The molecule has 1 saturated heterocycles. The number of aryl methyl sites for hydroxylation is 1. The zero-order valence-corrected chi connectivity index (χ0v) is 20.5. The Morgan fingerprint density at radius 2 is 1.66 bits per heavy atom. The van der Waals surface area contributed by atoms with Gasteiger partial charge in [-0.1, -0.05) is 65.9 Å². The second-order valence-corrected chi connectivity index (χ2v) is 13.8. The van der Waals surface area contributed by atoms with E-state index in [1.54, 1.807) is 0 Å². The summed E-state index contributed by atoms with van der Waals surface area (Å²) in [5, 5.41) is 12.1. The predicted molar refractivity (Wildman–Crippen MR) is 129 cm³/mol. The summed E-state index contributed by atoms with van der Waals surface area (Å²) in [7, 11) is -1.92. The number of nitrogens with zero attached hydrogens (tertiary/aromatic N) is 3. The van der Waals surface area contributed by atoms with Crippen LogP contribution in [-0.4, -0.2) is 42.0 Å². The second-order valence-electron chi connectivity index (χ2n) is 9.38. The molecule has 1 aliphatic heterocycles. The molecule has 1 aliphatic rings. The minimum atomic E-state index is -1.92. The van der Waals surface area contributed by atoms with E-state index in [2.05, 4.69) is 103 Å². The summed E-state index contributed by atoms with van der Waals surface area (Å²) in [4.78, 5) is 0. The molecule has 2 aromatic carbocycles. The number of hydrogen-bond donors (Lipinski definition) is 1. The summed E-state index contributed by atoms with van der Waals surface area (Å²) in [5.41, 5.74) is 2.65. The summed E-state index contributed by atoms with van der Waals surface area (Å²) in [6, 6.07) is 21.4. The van der Waals surface area contributed by atoms with E-state index in [0.29, 0.717) is 6.61 Å². The summed E-state index contributed by atoms with van der Waals surface area (Å²) < 4.78 is 15.2. The van der Waals surface area contributed by atoms with Crippen LogP contribution in [0.15, 0.2) is 66.9 Å². The highest BCUT2D eigenvalue weighted by Gasteiger charge is 2.48. The quantitative estimate of drug-likeness (QED) is 0.492. The molecule has 0 saturated carbocycles. The Morgan fingerprint density at radius 3 is 2.19 bits per heavy atom. The largest absolute Gasteiger partial charge is 0.403 e. The van der Waals surface area contributed by atoms with Gasteiger partial charge in [0.05, 0.1) is 18.9 Å². The highest BCUT2D eigenvalue weighted by Crippen LogP contribution is 2.42. The van der Waals surface area contributed by atoms with Crippen molar-refractivity contribution in [2.24, 2.45) is 0 Å². The molecule has 32 heavy (non-hydrogen) atoms. The Kier molecular flexibility index (Phi) is 6.90. The Balaban J connectivity index is 1.63. The van der Waals surface area contributed by atoms with Crippen LogP contribution in [0.1, 0.15) is 30.2 Å². The molecule has 0 unspecified atom stereocenters. The van der Waals surface area contributed by atoms with E-state index in [0.717, 1.165) is 25.2 Å².